The number of aryl methyl sites for hydroxylation is 1. The van der Waals surface area contributed by atoms with Gasteiger partial charge >= 0.3 is 0 Å². The van der Waals surface area contributed by atoms with Gasteiger partial charge in [-0.3, -0.25) is 0 Å². The normalized spacial score (nSPS) is 11.9. The molecule has 2 nitrogen and oxygen atoms in total. The molecule has 0 amide bonds. The molecule has 0 saturated heterocycles. The van der Waals surface area contributed by atoms with E-state index < -0.39 is 17.7 Å². The Labute approximate surface area is 87.5 Å². The zero-order valence-corrected chi connectivity index (χ0v) is 8.64. The Balaban J connectivity index is 3.04. The van der Waals surface area contributed by atoms with Gasteiger partial charge in [-0.25, -0.2) is 8.78 Å². The Kier molecular flexibility index (Phi) is 3.62. The van der Waals surface area contributed by atoms with Gasteiger partial charge in [-0.2, -0.15) is 5.26 Å². The smallest absolute Gasteiger partial charge is 0.152 e. The number of hydrogen-bond donors (Lipinski definition) is 1. The van der Waals surface area contributed by atoms with Crippen LogP contribution in [0.15, 0.2) is 12.1 Å². The zero-order chi connectivity index (χ0) is 11.4. The van der Waals surface area contributed by atoms with Gasteiger partial charge in [-0.15, -0.1) is 0 Å². The number of nitrogens with zero attached hydrogens (tertiary/aromatic N) is 1. The van der Waals surface area contributed by atoms with Crippen molar-refractivity contribution in [2.24, 2.45) is 0 Å². The van der Waals surface area contributed by atoms with Gasteiger partial charge in [-0.05, 0) is 25.0 Å². The summed E-state index contributed by atoms with van der Waals surface area (Å²) in [5.41, 5.74) is 0.134. The predicted molar refractivity (Wildman–Crippen MR) is 54.4 cm³/mol. The molecule has 1 atom stereocenters. The standard InChI is InChI=1S/C11H12F2N2/c1-3-8(6-14)15-11-9(12)5-4-7(2)10(11)13/h4-5,8,15H,3H2,1-2H3. The van der Waals surface area contributed by atoms with Crippen LogP contribution < -0.4 is 5.32 Å². The molecule has 1 aromatic rings. The number of benzene rings is 1. The third-order valence-corrected chi connectivity index (χ3v) is 2.17. The zero-order valence-electron chi connectivity index (χ0n) is 8.64. The summed E-state index contributed by atoms with van der Waals surface area (Å²) < 4.78 is 26.7. The minimum Gasteiger partial charge on any atom is -0.365 e. The lowest BCUT2D eigenvalue weighted by atomic mass is 10.1. The van der Waals surface area contributed by atoms with Crippen molar-refractivity contribution >= 4 is 5.69 Å². The van der Waals surface area contributed by atoms with Gasteiger partial charge in [0.05, 0.1) is 6.07 Å². The lowest BCUT2D eigenvalue weighted by Crippen LogP contribution is -2.18. The van der Waals surface area contributed by atoms with Crippen molar-refractivity contribution in [1.29, 1.82) is 5.26 Å². The summed E-state index contributed by atoms with van der Waals surface area (Å²) in [6.07, 6.45) is 0.489. The Hall–Kier alpha value is -1.63. The number of rotatable bonds is 3. The summed E-state index contributed by atoms with van der Waals surface area (Å²) in [7, 11) is 0. The number of hydrogen-bond acceptors (Lipinski definition) is 2. The lowest BCUT2D eigenvalue weighted by molar-refractivity contribution is 0.579. The molecule has 0 aliphatic rings. The third-order valence-electron chi connectivity index (χ3n) is 2.17. The van der Waals surface area contributed by atoms with Crippen LogP contribution in [0.25, 0.3) is 0 Å². The molecule has 0 radical (unpaired) electrons. The monoisotopic (exact) mass is 210 g/mol. The summed E-state index contributed by atoms with van der Waals surface area (Å²) in [4.78, 5) is 0. The average Bonchev–Trinajstić information content (AvgIpc) is 2.24. The van der Waals surface area contributed by atoms with Crippen LogP contribution in [0.3, 0.4) is 0 Å². The summed E-state index contributed by atoms with van der Waals surface area (Å²) in [5.74, 6) is -1.31. The number of nitrogens with one attached hydrogen (secondary N) is 1. The Bertz CT molecular complexity index is 396. The molecule has 15 heavy (non-hydrogen) atoms. The van der Waals surface area contributed by atoms with Crippen LogP contribution in [-0.2, 0) is 0 Å². The molecule has 0 aliphatic heterocycles. The maximum Gasteiger partial charge on any atom is 0.152 e. The van der Waals surface area contributed by atoms with E-state index in [-0.39, 0.29) is 5.69 Å². The summed E-state index contributed by atoms with van der Waals surface area (Å²) in [5, 5.41) is 11.2. The van der Waals surface area contributed by atoms with Crippen LogP contribution in [0.1, 0.15) is 18.9 Å². The molecule has 4 heteroatoms. The van der Waals surface area contributed by atoms with Crippen molar-refractivity contribution < 1.29 is 8.78 Å². The number of anilines is 1. The summed E-state index contributed by atoms with van der Waals surface area (Å²) in [6.45, 7) is 3.32. The van der Waals surface area contributed by atoms with Gasteiger partial charge in [-0.1, -0.05) is 13.0 Å². The molecule has 0 saturated carbocycles. The highest BCUT2D eigenvalue weighted by molar-refractivity contribution is 5.50. The first kappa shape index (κ1) is 11.4. The average molecular weight is 210 g/mol. The van der Waals surface area contributed by atoms with Gasteiger partial charge in [0, 0.05) is 0 Å². The van der Waals surface area contributed by atoms with Gasteiger partial charge < -0.3 is 5.32 Å². The molecule has 0 bridgehead atoms. The van der Waals surface area contributed by atoms with Crippen molar-refractivity contribution in [3.8, 4) is 6.07 Å². The molecule has 1 unspecified atom stereocenters. The van der Waals surface area contributed by atoms with E-state index in [0.29, 0.717) is 12.0 Å². The Morgan fingerprint density at radius 2 is 2.13 bits per heavy atom. The van der Waals surface area contributed by atoms with Crippen molar-refractivity contribution in [2.75, 3.05) is 5.32 Å². The first-order valence-corrected chi connectivity index (χ1v) is 4.70. The van der Waals surface area contributed by atoms with E-state index in [1.807, 2.05) is 6.07 Å². The molecule has 0 aliphatic carbocycles. The van der Waals surface area contributed by atoms with E-state index in [1.54, 1.807) is 13.8 Å². The van der Waals surface area contributed by atoms with Crippen LogP contribution in [0.2, 0.25) is 0 Å². The van der Waals surface area contributed by atoms with Gasteiger partial charge in [0.15, 0.2) is 5.82 Å². The molecule has 80 valence electrons. The highest BCUT2D eigenvalue weighted by atomic mass is 19.1. The quantitative estimate of drug-likeness (QED) is 0.832. The second kappa shape index (κ2) is 4.74. The van der Waals surface area contributed by atoms with E-state index in [4.69, 9.17) is 5.26 Å². The maximum atomic E-state index is 13.5. The first-order chi connectivity index (χ1) is 7.10. The predicted octanol–water partition coefficient (Wildman–Crippen LogP) is 2.99. The lowest BCUT2D eigenvalue weighted by Gasteiger charge is -2.13. The highest BCUT2D eigenvalue weighted by Crippen LogP contribution is 2.22. The first-order valence-electron chi connectivity index (χ1n) is 4.70. The highest BCUT2D eigenvalue weighted by Gasteiger charge is 2.14. The molecule has 1 aromatic carbocycles. The fourth-order valence-electron chi connectivity index (χ4n) is 1.19. The van der Waals surface area contributed by atoms with Crippen LogP contribution in [0, 0.1) is 29.9 Å². The molecule has 0 aromatic heterocycles. The second-order valence-electron chi connectivity index (χ2n) is 3.29. The third kappa shape index (κ3) is 2.44. The van der Waals surface area contributed by atoms with Crippen LogP contribution in [0.5, 0.6) is 0 Å². The molecule has 0 fully saturated rings. The minimum atomic E-state index is -0.674. The van der Waals surface area contributed by atoms with Gasteiger partial charge in [0.25, 0.3) is 0 Å². The van der Waals surface area contributed by atoms with Crippen molar-refractivity contribution in [3.63, 3.8) is 0 Å². The Morgan fingerprint density at radius 1 is 1.47 bits per heavy atom. The Morgan fingerprint density at radius 3 is 2.67 bits per heavy atom. The fraction of sp³-hybridized carbons (Fsp3) is 0.364. The SMILES string of the molecule is CCC(C#N)Nc1c(F)ccc(C)c1F. The maximum absolute atomic E-state index is 13.5. The number of nitriles is 1. The van der Waals surface area contributed by atoms with E-state index in [1.165, 1.54) is 12.1 Å². The largest absolute Gasteiger partial charge is 0.365 e. The van der Waals surface area contributed by atoms with Gasteiger partial charge in [0.2, 0.25) is 0 Å². The molecule has 0 heterocycles. The van der Waals surface area contributed by atoms with Gasteiger partial charge in [0.1, 0.15) is 17.5 Å². The summed E-state index contributed by atoms with van der Waals surface area (Å²) in [6, 6.07) is 3.91. The molecular weight excluding hydrogens is 198 g/mol. The molecular formula is C11H12F2N2. The molecule has 1 rings (SSSR count). The van der Waals surface area contributed by atoms with E-state index in [2.05, 4.69) is 5.32 Å². The summed E-state index contributed by atoms with van der Waals surface area (Å²) >= 11 is 0. The van der Waals surface area contributed by atoms with E-state index in [9.17, 15) is 8.78 Å². The van der Waals surface area contributed by atoms with E-state index in [0.717, 1.165) is 0 Å². The van der Waals surface area contributed by atoms with E-state index >= 15 is 0 Å². The fourth-order valence-corrected chi connectivity index (χ4v) is 1.19. The topological polar surface area (TPSA) is 35.8 Å². The van der Waals surface area contributed by atoms with Crippen molar-refractivity contribution in [3.05, 3.63) is 29.3 Å². The second-order valence-corrected chi connectivity index (χ2v) is 3.29. The number of halogens is 2. The van der Waals surface area contributed by atoms with Crippen molar-refractivity contribution in [1.82, 2.24) is 0 Å². The molecule has 0 spiro atoms. The van der Waals surface area contributed by atoms with Crippen LogP contribution in [-0.4, -0.2) is 6.04 Å². The van der Waals surface area contributed by atoms with Crippen LogP contribution in [0.4, 0.5) is 14.5 Å². The molecule has 1 N–H and O–H groups in total. The van der Waals surface area contributed by atoms with Crippen LogP contribution >= 0.6 is 0 Å². The minimum absolute atomic E-state index is 0.219. The van der Waals surface area contributed by atoms with Crippen molar-refractivity contribution in [2.45, 2.75) is 26.3 Å².